The molecule has 8 rings (SSSR count). The van der Waals surface area contributed by atoms with Gasteiger partial charge < -0.3 is 9.97 Å². The van der Waals surface area contributed by atoms with Crippen LogP contribution in [-0.4, -0.2) is 9.97 Å². The molecule has 0 spiro atoms. The van der Waals surface area contributed by atoms with Crippen molar-refractivity contribution in [2.24, 2.45) is 11.8 Å². The van der Waals surface area contributed by atoms with E-state index in [-0.39, 0.29) is 20.1 Å². The third kappa shape index (κ3) is 8.23. The summed E-state index contributed by atoms with van der Waals surface area (Å²) in [5.41, 5.74) is 10.6. The normalized spacial score (nSPS) is 11.1. The predicted octanol–water partition coefficient (Wildman–Crippen LogP) is 12.9. The molecule has 2 aromatic heterocycles. The van der Waals surface area contributed by atoms with Crippen molar-refractivity contribution in [1.29, 1.82) is 0 Å². The van der Waals surface area contributed by atoms with Crippen LogP contribution in [-0.2, 0) is 32.9 Å². The molecule has 0 bridgehead atoms. The number of nitrogens with zero attached hydrogens (tertiary/aromatic N) is 2. The number of rotatable bonds is 7. The molecule has 3 heteroatoms. The van der Waals surface area contributed by atoms with Crippen LogP contribution < -0.4 is 0 Å². The molecule has 1 radical (unpaired) electrons. The van der Waals surface area contributed by atoms with Gasteiger partial charge in [0.2, 0.25) is 0 Å². The molecule has 2 heterocycles. The van der Waals surface area contributed by atoms with Crippen LogP contribution in [0.5, 0.6) is 0 Å². The van der Waals surface area contributed by atoms with Crippen LogP contribution in [0.1, 0.15) is 44.4 Å². The first-order valence-electron chi connectivity index (χ1n) is 18.1. The van der Waals surface area contributed by atoms with Crippen LogP contribution in [0, 0.1) is 30.9 Å². The first kappa shape index (κ1) is 36.8. The Balaban J connectivity index is 0.000000198. The van der Waals surface area contributed by atoms with Gasteiger partial charge in [-0.2, -0.15) is 0 Å². The third-order valence-electron chi connectivity index (χ3n) is 9.38. The Bertz CT molecular complexity index is 2420. The molecule has 0 amide bonds. The summed E-state index contributed by atoms with van der Waals surface area (Å²) in [6.45, 7) is 11.2. The molecule has 0 atom stereocenters. The Morgan fingerprint density at radius 3 is 2.08 bits per heavy atom. The number of hydrogen-bond donors (Lipinski definition) is 0. The first-order chi connectivity index (χ1) is 24.8. The molecule has 0 unspecified atom stereocenters. The van der Waals surface area contributed by atoms with Crippen LogP contribution in [0.15, 0.2) is 140 Å². The smallest absolute Gasteiger partial charge is 0.0167 e. The topological polar surface area (TPSA) is 25.8 Å². The van der Waals surface area contributed by atoms with Gasteiger partial charge >= 0.3 is 0 Å². The molecule has 2 nitrogen and oxygen atoms in total. The quantitative estimate of drug-likeness (QED) is 0.118. The second kappa shape index (κ2) is 16.6. The molecule has 0 fully saturated rings. The summed E-state index contributed by atoms with van der Waals surface area (Å²) in [7, 11) is 0. The molecule has 0 saturated heterocycles. The molecule has 0 N–H and O–H groups in total. The van der Waals surface area contributed by atoms with E-state index in [1.54, 1.807) is 0 Å². The van der Waals surface area contributed by atoms with Crippen molar-refractivity contribution in [2.75, 3.05) is 0 Å². The Labute approximate surface area is 322 Å². The van der Waals surface area contributed by atoms with Crippen LogP contribution in [0.2, 0.25) is 0 Å². The van der Waals surface area contributed by atoms with Gasteiger partial charge in [-0.25, -0.2) is 0 Å². The zero-order valence-corrected chi connectivity index (χ0v) is 33.0. The average Bonchev–Trinajstić information content (AvgIpc) is 3.14. The molecule has 0 aliphatic carbocycles. The van der Waals surface area contributed by atoms with E-state index in [0.29, 0.717) is 11.8 Å². The molecule has 0 aliphatic heterocycles. The molecule has 52 heavy (non-hydrogen) atoms. The van der Waals surface area contributed by atoms with E-state index in [4.69, 9.17) is 4.98 Å². The van der Waals surface area contributed by atoms with Crippen LogP contribution in [0.3, 0.4) is 0 Å². The van der Waals surface area contributed by atoms with Gasteiger partial charge in [0, 0.05) is 32.5 Å². The van der Waals surface area contributed by atoms with E-state index in [2.05, 4.69) is 155 Å². The van der Waals surface area contributed by atoms with E-state index in [1.807, 2.05) is 36.7 Å². The minimum absolute atomic E-state index is 0. The maximum absolute atomic E-state index is 4.86. The zero-order chi connectivity index (χ0) is 35.3. The van der Waals surface area contributed by atoms with Crippen LogP contribution in [0.25, 0.3) is 66.0 Å². The van der Waals surface area contributed by atoms with Crippen LogP contribution >= 0.6 is 0 Å². The first-order valence-corrected chi connectivity index (χ1v) is 18.1. The van der Waals surface area contributed by atoms with Crippen molar-refractivity contribution in [3.05, 3.63) is 169 Å². The van der Waals surface area contributed by atoms with Gasteiger partial charge in [0.15, 0.2) is 0 Å². The van der Waals surface area contributed by atoms with Crippen molar-refractivity contribution in [1.82, 2.24) is 9.97 Å². The minimum Gasteiger partial charge on any atom is -0.305 e. The summed E-state index contributed by atoms with van der Waals surface area (Å²) in [5, 5.41) is 7.61. The minimum atomic E-state index is 0. The van der Waals surface area contributed by atoms with Gasteiger partial charge in [-0.05, 0) is 98.6 Å². The van der Waals surface area contributed by atoms with Gasteiger partial charge in [0.25, 0.3) is 0 Å². The second-order valence-electron chi connectivity index (χ2n) is 14.3. The summed E-state index contributed by atoms with van der Waals surface area (Å²) in [6.07, 6.45) is 5.88. The van der Waals surface area contributed by atoms with E-state index in [1.165, 1.54) is 60.1 Å². The Morgan fingerprint density at radius 1 is 0.577 bits per heavy atom. The second-order valence-corrected chi connectivity index (χ2v) is 14.3. The average molecular weight is 853 g/mol. The van der Waals surface area contributed by atoms with E-state index >= 15 is 0 Å². The summed E-state index contributed by atoms with van der Waals surface area (Å²) in [6, 6.07) is 51.9. The molecule has 8 aromatic rings. The fourth-order valence-corrected chi connectivity index (χ4v) is 7.13. The zero-order valence-electron chi connectivity index (χ0n) is 30.6. The maximum Gasteiger partial charge on any atom is 0.0167 e. The number of pyridine rings is 2. The Hall–Kier alpha value is -4.95. The van der Waals surface area contributed by atoms with Gasteiger partial charge in [-0.1, -0.05) is 113 Å². The maximum atomic E-state index is 4.86. The van der Waals surface area contributed by atoms with Crippen molar-refractivity contribution < 1.29 is 20.1 Å². The number of aryl methyl sites for hydroxylation is 1. The van der Waals surface area contributed by atoms with E-state index in [9.17, 15) is 0 Å². The molecule has 0 saturated carbocycles. The summed E-state index contributed by atoms with van der Waals surface area (Å²) in [5.74, 6) is 1.22. The molecule has 6 aromatic carbocycles. The Kier molecular flexibility index (Phi) is 11.8. The number of aromatic nitrogens is 2. The monoisotopic (exact) mass is 853 g/mol. The van der Waals surface area contributed by atoms with Gasteiger partial charge in [0.05, 0.1) is 0 Å². The van der Waals surface area contributed by atoms with Gasteiger partial charge in [0.1, 0.15) is 0 Å². The number of fused-ring (bicyclic) bond motifs is 5. The molecular weight excluding hydrogens is 809 g/mol. The molecule has 0 aliphatic rings. The van der Waals surface area contributed by atoms with Crippen molar-refractivity contribution >= 4 is 32.3 Å². The molecule has 261 valence electrons. The van der Waals surface area contributed by atoms with E-state index in [0.717, 1.165) is 35.4 Å². The summed E-state index contributed by atoms with van der Waals surface area (Å²) >= 11 is 0. The van der Waals surface area contributed by atoms with Gasteiger partial charge in [-0.3, -0.25) is 0 Å². The number of benzene rings is 6. The van der Waals surface area contributed by atoms with E-state index < -0.39 is 0 Å². The van der Waals surface area contributed by atoms with Gasteiger partial charge in [-0.15, -0.1) is 70.3 Å². The Morgan fingerprint density at radius 2 is 1.29 bits per heavy atom. The number of hydrogen-bond acceptors (Lipinski definition) is 2. The molecular formula is C49H44IrN2-2. The third-order valence-corrected chi connectivity index (χ3v) is 9.38. The standard InChI is InChI=1S/C31H30N.C18H14N.Ir/c1-20(2)15-22-17-23(16-21(3)4)19-25(18-22)31-30-12-11-27-26-8-6-5-7-24(26)9-10-28(27)29(30)13-14-32-31;1-14-7-2-3-10-17(14)15-8-6-9-16(13-15)18-11-4-5-12-19-18;/h5-14,17-18,20-21H,15-16H2,1-4H3;2-8,10-13H,1H3;/q2*-1;. The summed E-state index contributed by atoms with van der Waals surface area (Å²) in [4.78, 5) is 9.23. The largest absolute Gasteiger partial charge is 0.305 e. The van der Waals surface area contributed by atoms with Crippen molar-refractivity contribution in [3.8, 4) is 33.6 Å². The van der Waals surface area contributed by atoms with Crippen LogP contribution in [0.4, 0.5) is 0 Å². The SMILES string of the molecule is CC(C)Cc1[c-]c(-c2nccc3c2ccc2c4ccccc4ccc32)cc(CC(C)C)c1.Cc1ccccc1-c1cc[c-]c(-c2ccccn2)c1.[Ir]. The fourth-order valence-electron chi connectivity index (χ4n) is 7.13. The van der Waals surface area contributed by atoms with Crippen molar-refractivity contribution in [3.63, 3.8) is 0 Å². The van der Waals surface area contributed by atoms with Crippen molar-refractivity contribution in [2.45, 2.75) is 47.5 Å². The fraction of sp³-hybridized carbons (Fsp3) is 0.184. The summed E-state index contributed by atoms with van der Waals surface area (Å²) < 4.78 is 0. The predicted molar refractivity (Wildman–Crippen MR) is 217 cm³/mol.